The molecule has 444 valence electrons. The van der Waals surface area contributed by atoms with Gasteiger partial charge in [0.2, 0.25) is 0 Å². The van der Waals surface area contributed by atoms with E-state index in [1.54, 1.807) is 0 Å². The molecule has 6 unspecified atom stereocenters. The molecule has 6 atom stereocenters. The first kappa shape index (κ1) is 71.4. The van der Waals surface area contributed by atoms with Crippen molar-refractivity contribution in [1.82, 2.24) is 0 Å². The Morgan fingerprint density at radius 3 is 1.30 bits per heavy atom. The number of carboxylic acids is 1. The molecule has 0 radical (unpaired) electrons. The highest BCUT2D eigenvalue weighted by Gasteiger charge is 2.50. The van der Waals surface area contributed by atoms with Crippen LogP contribution in [0.5, 0.6) is 0 Å². The Bertz CT molecular complexity index is 1570. The molecule has 0 amide bonds. The highest BCUT2D eigenvalue weighted by Crippen LogP contribution is 2.26. The fourth-order valence-electron chi connectivity index (χ4n) is 9.32. The van der Waals surface area contributed by atoms with Crippen molar-refractivity contribution >= 4 is 23.9 Å². The van der Waals surface area contributed by atoms with Crippen molar-refractivity contribution < 1.29 is 58.2 Å². The summed E-state index contributed by atoms with van der Waals surface area (Å²) in [5.41, 5.74) is 0. The number of hydrogen-bond donors (Lipinski definition) is 3. The van der Waals surface area contributed by atoms with Crippen molar-refractivity contribution in [1.29, 1.82) is 0 Å². The van der Waals surface area contributed by atoms with Gasteiger partial charge in [0.1, 0.15) is 18.8 Å². The smallest absolute Gasteiger partial charge is 0.335 e. The fourth-order valence-corrected chi connectivity index (χ4v) is 9.32. The van der Waals surface area contributed by atoms with Gasteiger partial charge in [-0.3, -0.25) is 14.4 Å². The zero-order valence-corrected chi connectivity index (χ0v) is 49.0. The van der Waals surface area contributed by atoms with E-state index in [0.717, 1.165) is 70.6 Å². The molecule has 1 fully saturated rings. The van der Waals surface area contributed by atoms with Crippen molar-refractivity contribution in [2.75, 3.05) is 13.2 Å². The zero-order chi connectivity index (χ0) is 56.1. The number of unbranched alkanes of at least 4 members (excludes halogenated alkanes) is 29. The van der Waals surface area contributed by atoms with E-state index in [-0.39, 0.29) is 25.9 Å². The van der Waals surface area contributed by atoms with Gasteiger partial charge in [-0.25, -0.2) is 4.79 Å². The van der Waals surface area contributed by atoms with Gasteiger partial charge in [0.05, 0.1) is 6.61 Å². The zero-order valence-electron chi connectivity index (χ0n) is 49.0. The van der Waals surface area contributed by atoms with Crippen LogP contribution < -0.4 is 0 Å². The van der Waals surface area contributed by atoms with Crippen LogP contribution in [0.4, 0.5) is 0 Å². The normalized spacial score (nSPS) is 18.4. The topological polar surface area (TPSA) is 175 Å². The Hall–Kier alpha value is -3.58. The molecule has 1 saturated heterocycles. The second-order valence-corrected chi connectivity index (χ2v) is 21.3. The number of carbonyl (C=O) groups is 4. The van der Waals surface area contributed by atoms with E-state index < -0.39 is 67.3 Å². The average Bonchev–Trinajstić information content (AvgIpc) is 3.42. The van der Waals surface area contributed by atoms with Crippen molar-refractivity contribution in [3.05, 3.63) is 60.8 Å². The monoisotopic (exact) mass is 1080 g/mol. The largest absolute Gasteiger partial charge is 0.479 e. The van der Waals surface area contributed by atoms with Gasteiger partial charge in [-0.05, 0) is 70.6 Å². The van der Waals surface area contributed by atoms with Crippen LogP contribution in [-0.4, -0.2) is 89.2 Å². The third-order valence-corrected chi connectivity index (χ3v) is 14.1. The molecular weight excluding hydrogens is 973 g/mol. The quantitative estimate of drug-likeness (QED) is 0.0228. The summed E-state index contributed by atoms with van der Waals surface area (Å²) >= 11 is 0. The number of hydrogen-bond acceptors (Lipinski definition) is 11. The number of rotatable bonds is 53. The molecule has 1 heterocycles. The van der Waals surface area contributed by atoms with E-state index in [0.29, 0.717) is 25.7 Å². The average molecular weight is 1090 g/mol. The minimum Gasteiger partial charge on any atom is -0.479 e. The van der Waals surface area contributed by atoms with Crippen LogP contribution >= 0.6 is 0 Å². The summed E-state index contributed by atoms with van der Waals surface area (Å²) < 4.78 is 28.4. The Labute approximate surface area is 468 Å². The van der Waals surface area contributed by atoms with Crippen molar-refractivity contribution in [2.45, 2.75) is 314 Å². The van der Waals surface area contributed by atoms with Gasteiger partial charge < -0.3 is 39.0 Å². The lowest BCUT2D eigenvalue weighted by Gasteiger charge is -2.40. The third-order valence-electron chi connectivity index (χ3n) is 14.1. The molecule has 0 aliphatic carbocycles. The lowest BCUT2D eigenvalue weighted by Crippen LogP contribution is -2.61. The van der Waals surface area contributed by atoms with Gasteiger partial charge in [-0.15, -0.1) is 0 Å². The second kappa shape index (κ2) is 53.1. The number of esters is 3. The lowest BCUT2D eigenvalue weighted by molar-refractivity contribution is -0.301. The Morgan fingerprint density at radius 1 is 0.442 bits per heavy atom. The Kier molecular flexibility index (Phi) is 49.2. The summed E-state index contributed by atoms with van der Waals surface area (Å²) in [6.07, 6.45) is 53.5. The number of ether oxygens (including phenoxy) is 5. The minimum absolute atomic E-state index is 0.0431. The maximum atomic E-state index is 13.1. The molecule has 0 aromatic heterocycles. The molecule has 12 heteroatoms. The maximum Gasteiger partial charge on any atom is 0.335 e. The molecule has 0 aromatic rings. The molecule has 12 nitrogen and oxygen atoms in total. The number of carbonyl (C=O) groups excluding carboxylic acids is 3. The fraction of sp³-hybridized carbons (Fsp3) is 0.785. The molecule has 0 bridgehead atoms. The number of aliphatic carboxylic acids is 1. The van der Waals surface area contributed by atoms with Crippen LogP contribution in [0, 0.1) is 0 Å². The Balaban J connectivity index is 2.67. The van der Waals surface area contributed by atoms with Crippen molar-refractivity contribution in [3.63, 3.8) is 0 Å². The molecule has 0 aromatic carbocycles. The molecule has 0 spiro atoms. The van der Waals surface area contributed by atoms with Crippen molar-refractivity contribution in [3.8, 4) is 0 Å². The van der Waals surface area contributed by atoms with Gasteiger partial charge in [-0.2, -0.15) is 0 Å². The van der Waals surface area contributed by atoms with Gasteiger partial charge in [0.25, 0.3) is 0 Å². The summed E-state index contributed by atoms with van der Waals surface area (Å²) in [7, 11) is 0. The number of carboxylic acid groups (broad SMARTS) is 1. The number of allylic oxidation sites excluding steroid dienone is 10. The lowest BCUT2D eigenvalue weighted by atomic mass is 9.98. The van der Waals surface area contributed by atoms with Gasteiger partial charge >= 0.3 is 23.9 Å². The van der Waals surface area contributed by atoms with E-state index in [1.807, 2.05) is 12.2 Å². The van der Waals surface area contributed by atoms with Crippen LogP contribution in [0.15, 0.2) is 60.8 Å². The maximum absolute atomic E-state index is 13.1. The van der Waals surface area contributed by atoms with Crippen LogP contribution in [0.3, 0.4) is 0 Å². The first-order chi connectivity index (χ1) is 37.6. The van der Waals surface area contributed by atoms with Gasteiger partial charge in [-0.1, -0.05) is 248 Å². The van der Waals surface area contributed by atoms with Gasteiger partial charge in [0.15, 0.2) is 24.6 Å². The molecular formula is C65H112O12. The van der Waals surface area contributed by atoms with E-state index in [4.69, 9.17) is 23.7 Å². The highest BCUT2D eigenvalue weighted by molar-refractivity contribution is 5.74. The summed E-state index contributed by atoms with van der Waals surface area (Å²) in [5.74, 6) is -3.21. The summed E-state index contributed by atoms with van der Waals surface area (Å²) in [6.45, 7) is 5.84. The third kappa shape index (κ3) is 43.0. The Morgan fingerprint density at radius 2 is 0.844 bits per heavy atom. The highest BCUT2D eigenvalue weighted by atomic mass is 16.7. The van der Waals surface area contributed by atoms with E-state index >= 15 is 0 Å². The molecule has 77 heavy (non-hydrogen) atoms. The molecule has 1 aliphatic rings. The number of aliphatic hydroxyl groups excluding tert-OH is 2. The van der Waals surface area contributed by atoms with Crippen LogP contribution in [0.2, 0.25) is 0 Å². The second-order valence-electron chi connectivity index (χ2n) is 21.3. The van der Waals surface area contributed by atoms with E-state index in [1.165, 1.54) is 141 Å². The minimum atomic E-state index is -1.91. The van der Waals surface area contributed by atoms with Crippen LogP contribution in [-0.2, 0) is 42.9 Å². The SMILES string of the molecule is CC/C=C\C/C=C\C/C=C\C/C=C\CCC(=O)OC(COC(=O)CCCCCCCCCCCCCCCCC)COC1OC(C(=O)O)C(O)C(O)C1OC(=O)CCCCCCCCCCC/C=C\CCCCCCCC. The molecule has 3 N–H and O–H groups in total. The molecule has 0 saturated carbocycles. The van der Waals surface area contributed by atoms with E-state index in [9.17, 15) is 34.5 Å². The van der Waals surface area contributed by atoms with Crippen molar-refractivity contribution in [2.24, 2.45) is 0 Å². The summed E-state index contributed by atoms with van der Waals surface area (Å²) in [5, 5.41) is 31.5. The van der Waals surface area contributed by atoms with Crippen LogP contribution in [0.1, 0.15) is 278 Å². The molecule has 1 rings (SSSR count). The predicted molar refractivity (Wildman–Crippen MR) is 312 cm³/mol. The summed E-state index contributed by atoms with van der Waals surface area (Å²) in [6, 6.07) is 0. The van der Waals surface area contributed by atoms with E-state index in [2.05, 4.69) is 69.4 Å². The standard InChI is InChI=1S/C65H112O12/c1-4-7-10-13-16-19-22-25-27-28-29-30-32-35-38-41-44-47-50-53-59(68)76-63-61(70)60(69)62(64(71)72)77-65(63)74-55-56(75-58(67)52-49-46-43-40-37-33-24-21-18-15-12-9-6-3)54-73-57(66)51-48-45-42-39-36-34-31-26-23-20-17-14-11-8-5-2/h9,12,18,21,25,27,33,37,43,46,56,60-63,65,69-70H,4-8,10-11,13-17,19-20,22-24,26,28-32,34-36,38-42,44-45,47-55H2,1-3H3,(H,71,72)/b12-9-,21-18-,27-25-,37-33-,46-43-. The predicted octanol–water partition coefficient (Wildman–Crippen LogP) is 16.3. The van der Waals surface area contributed by atoms with Gasteiger partial charge in [0, 0.05) is 19.3 Å². The summed E-state index contributed by atoms with van der Waals surface area (Å²) in [4.78, 5) is 51.1. The van der Waals surface area contributed by atoms with Crippen LogP contribution in [0.25, 0.3) is 0 Å². The first-order valence-corrected chi connectivity index (χ1v) is 31.3. The first-order valence-electron chi connectivity index (χ1n) is 31.3. The molecule has 1 aliphatic heterocycles. The number of aliphatic hydroxyl groups is 2.